The lowest BCUT2D eigenvalue weighted by atomic mass is 10.1. The third-order valence-corrected chi connectivity index (χ3v) is 5.58. The van der Waals surface area contributed by atoms with Crippen molar-refractivity contribution in [2.24, 2.45) is 0 Å². The number of amides is 1. The first kappa shape index (κ1) is 20.7. The molecule has 1 N–H and O–H groups in total. The van der Waals surface area contributed by atoms with Gasteiger partial charge in [-0.25, -0.2) is 4.79 Å². The number of hydrogen-bond acceptors (Lipinski definition) is 7. The molecule has 0 saturated carbocycles. The van der Waals surface area contributed by atoms with Crippen LogP contribution in [0.3, 0.4) is 0 Å². The van der Waals surface area contributed by atoms with Crippen LogP contribution in [0, 0.1) is 10.1 Å². The molecule has 2 heterocycles. The number of carboxylic acids is 1. The lowest BCUT2D eigenvalue weighted by molar-refractivity contribution is -0.384. The Hall–Kier alpha value is -2.98. The second-order valence-electron chi connectivity index (χ2n) is 6.20. The van der Waals surface area contributed by atoms with Crippen LogP contribution in [0.5, 0.6) is 0 Å². The zero-order valence-corrected chi connectivity index (χ0v) is 16.9. The average molecular weight is 432 g/mol. The number of hydrogen-bond donors (Lipinski definition) is 1. The van der Waals surface area contributed by atoms with E-state index in [1.54, 1.807) is 24.3 Å². The van der Waals surface area contributed by atoms with Crippen LogP contribution in [-0.2, 0) is 9.59 Å². The highest BCUT2D eigenvalue weighted by Gasteiger charge is 2.40. The third kappa shape index (κ3) is 4.38. The van der Waals surface area contributed by atoms with Crippen LogP contribution < -0.4 is 0 Å². The van der Waals surface area contributed by atoms with Crippen molar-refractivity contribution in [2.75, 3.05) is 0 Å². The van der Waals surface area contributed by atoms with Gasteiger partial charge in [0.2, 0.25) is 0 Å². The monoisotopic (exact) mass is 432 g/mol. The molecule has 2 aromatic rings. The molecule has 8 nitrogen and oxygen atoms in total. The van der Waals surface area contributed by atoms with E-state index < -0.39 is 22.8 Å². The summed E-state index contributed by atoms with van der Waals surface area (Å²) >= 11 is 6.24. The fourth-order valence-corrected chi connectivity index (χ4v) is 4.18. The van der Waals surface area contributed by atoms with Gasteiger partial charge in [-0.2, -0.15) is 0 Å². The standard InChI is InChI=1S/C19H16N2O6S2/c1-2-3-14(18(23)24)20-17(22)16(29-19(20)28)10-13-8-9-15(27-13)11-4-6-12(7-5-11)21(25)26/h4-10,14H,2-3H2,1H3,(H,23,24)/b16-10+/t14-/m1/s1. The quantitative estimate of drug-likeness (QED) is 0.298. The fraction of sp³-hybridized carbons (Fsp3) is 0.211. The van der Waals surface area contributed by atoms with Crippen molar-refractivity contribution in [3.63, 3.8) is 0 Å². The highest BCUT2D eigenvalue weighted by Crippen LogP contribution is 2.35. The summed E-state index contributed by atoms with van der Waals surface area (Å²) in [4.78, 5) is 35.9. The van der Waals surface area contributed by atoms with Crippen molar-refractivity contribution in [1.29, 1.82) is 0 Å². The van der Waals surface area contributed by atoms with Crippen molar-refractivity contribution in [3.8, 4) is 11.3 Å². The van der Waals surface area contributed by atoms with Gasteiger partial charge in [-0.15, -0.1) is 0 Å². The van der Waals surface area contributed by atoms with Gasteiger partial charge in [-0.3, -0.25) is 19.8 Å². The number of thiocarbonyl (C=S) groups is 1. The van der Waals surface area contributed by atoms with Crippen molar-refractivity contribution >= 4 is 51.9 Å². The molecule has 3 rings (SSSR count). The number of nitrogens with zero attached hydrogens (tertiary/aromatic N) is 2. The van der Waals surface area contributed by atoms with Crippen LogP contribution in [0.1, 0.15) is 25.5 Å². The smallest absolute Gasteiger partial charge is 0.326 e. The molecule has 1 saturated heterocycles. The predicted octanol–water partition coefficient (Wildman–Crippen LogP) is 4.31. The minimum Gasteiger partial charge on any atom is -0.480 e. The number of nitro groups is 1. The topological polar surface area (TPSA) is 114 Å². The molecule has 0 radical (unpaired) electrons. The summed E-state index contributed by atoms with van der Waals surface area (Å²) in [6, 6.07) is 8.25. The lowest BCUT2D eigenvalue weighted by Crippen LogP contribution is -2.43. The van der Waals surface area contributed by atoms with E-state index in [0.29, 0.717) is 29.9 Å². The zero-order valence-electron chi connectivity index (χ0n) is 15.2. The molecule has 10 heteroatoms. The minimum absolute atomic E-state index is 0.0238. The average Bonchev–Trinajstić information content (AvgIpc) is 3.25. The Morgan fingerprint density at radius 1 is 1.34 bits per heavy atom. The SMILES string of the molecule is CCC[C@H](C(=O)O)N1C(=O)/C(=C\c2ccc(-c3ccc([N+](=O)[O-])cc3)o2)SC1=S. The van der Waals surface area contributed by atoms with E-state index in [1.807, 2.05) is 6.92 Å². The van der Waals surface area contributed by atoms with Crippen molar-refractivity contribution in [1.82, 2.24) is 4.90 Å². The predicted molar refractivity (Wildman–Crippen MR) is 112 cm³/mol. The number of aliphatic carboxylic acids is 1. The lowest BCUT2D eigenvalue weighted by Gasteiger charge is -2.22. The van der Waals surface area contributed by atoms with Gasteiger partial charge in [-0.05, 0) is 30.7 Å². The van der Waals surface area contributed by atoms with Crippen LogP contribution in [0.15, 0.2) is 45.7 Å². The summed E-state index contributed by atoms with van der Waals surface area (Å²) in [6.45, 7) is 1.84. The third-order valence-electron chi connectivity index (χ3n) is 4.25. The molecule has 1 aromatic carbocycles. The maximum Gasteiger partial charge on any atom is 0.326 e. The highest BCUT2D eigenvalue weighted by atomic mass is 32.2. The van der Waals surface area contributed by atoms with Gasteiger partial charge < -0.3 is 9.52 Å². The number of nitro benzene ring substituents is 1. The Labute approximate surface area is 175 Å². The molecule has 29 heavy (non-hydrogen) atoms. The van der Waals surface area contributed by atoms with Crippen LogP contribution in [0.4, 0.5) is 5.69 Å². The number of carbonyl (C=O) groups is 2. The summed E-state index contributed by atoms with van der Waals surface area (Å²) < 4.78 is 5.91. The summed E-state index contributed by atoms with van der Waals surface area (Å²) in [6.07, 6.45) is 2.42. The van der Waals surface area contributed by atoms with Gasteiger partial charge in [0.1, 0.15) is 21.9 Å². The number of carboxylic acid groups (broad SMARTS) is 1. The number of carbonyl (C=O) groups excluding carboxylic acids is 1. The van der Waals surface area contributed by atoms with Gasteiger partial charge >= 0.3 is 5.97 Å². The van der Waals surface area contributed by atoms with E-state index in [0.717, 1.165) is 16.7 Å². The first-order chi connectivity index (χ1) is 13.8. The Balaban J connectivity index is 1.82. The van der Waals surface area contributed by atoms with Crippen molar-refractivity contribution in [2.45, 2.75) is 25.8 Å². The molecule has 150 valence electrons. The van der Waals surface area contributed by atoms with E-state index in [4.69, 9.17) is 16.6 Å². The largest absolute Gasteiger partial charge is 0.480 e. The van der Waals surface area contributed by atoms with Crippen LogP contribution in [0.2, 0.25) is 0 Å². The van der Waals surface area contributed by atoms with E-state index in [9.17, 15) is 24.8 Å². The van der Waals surface area contributed by atoms with Crippen molar-refractivity contribution < 1.29 is 24.0 Å². The Kier molecular flexibility index (Phi) is 6.14. The number of thioether (sulfide) groups is 1. The Morgan fingerprint density at radius 3 is 2.62 bits per heavy atom. The number of non-ortho nitro benzene ring substituents is 1. The second kappa shape index (κ2) is 8.58. The van der Waals surface area contributed by atoms with E-state index >= 15 is 0 Å². The normalized spacial score (nSPS) is 16.4. The molecule has 0 aliphatic carbocycles. The van der Waals surface area contributed by atoms with Gasteiger partial charge in [0.05, 0.1) is 9.83 Å². The maximum absolute atomic E-state index is 12.7. The number of rotatable bonds is 7. The molecular formula is C19H16N2O6S2. The summed E-state index contributed by atoms with van der Waals surface area (Å²) in [7, 11) is 0. The summed E-state index contributed by atoms with van der Waals surface area (Å²) in [5, 5.41) is 20.2. The molecule has 0 bridgehead atoms. The van der Waals surface area contributed by atoms with Gasteiger partial charge in [0, 0.05) is 23.8 Å². The number of benzene rings is 1. The Morgan fingerprint density at radius 2 is 2.03 bits per heavy atom. The Bertz CT molecular complexity index is 1010. The van der Waals surface area contributed by atoms with Crippen LogP contribution in [0.25, 0.3) is 17.4 Å². The van der Waals surface area contributed by atoms with Gasteiger partial charge in [-0.1, -0.05) is 37.3 Å². The molecule has 0 spiro atoms. The summed E-state index contributed by atoms with van der Waals surface area (Å²) in [5.41, 5.74) is 0.626. The molecule has 1 aliphatic rings. The molecular weight excluding hydrogens is 416 g/mol. The van der Waals surface area contributed by atoms with E-state index in [1.165, 1.54) is 18.2 Å². The minimum atomic E-state index is -1.09. The van der Waals surface area contributed by atoms with Gasteiger partial charge in [0.25, 0.3) is 11.6 Å². The first-order valence-corrected chi connectivity index (χ1v) is 9.88. The second-order valence-corrected chi connectivity index (χ2v) is 7.88. The van der Waals surface area contributed by atoms with Crippen LogP contribution in [-0.4, -0.2) is 37.2 Å². The van der Waals surface area contributed by atoms with E-state index in [2.05, 4.69) is 0 Å². The molecule has 0 unspecified atom stereocenters. The van der Waals surface area contributed by atoms with E-state index in [-0.39, 0.29) is 14.9 Å². The fourth-order valence-electron chi connectivity index (χ4n) is 2.85. The zero-order chi connectivity index (χ0) is 21.1. The molecule has 1 aliphatic heterocycles. The maximum atomic E-state index is 12.7. The van der Waals surface area contributed by atoms with Crippen molar-refractivity contribution in [3.05, 3.63) is 57.2 Å². The number of furan rings is 1. The molecule has 1 atom stereocenters. The van der Waals surface area contributed by atoms with Crippen LogP contribution >= 0.6 is 24.0 Å². The highest BCUT2D eigenvalue weighted by molar-refractivity contribution is 8.26. The molecule has 1 amide bonds. The molecule has 1 fully saturated rings. The summed E-state index contributed by atoms with van der Waals surface area (Å²) in [5.74, 6) is -0.686. The van der Waals surface area contributed by atoms with Gasteiger partial charge in [0.15, 0.2) is 0 Å². The molecule has 1 aromatic heterocycles. The first-order valence-electron chi connectivity index (χ1n) is 8.66.